The molecule has 0 saturated carbocycles. The van der Waals surface area contributed by atoms with Gasteiger partial charge in [0.05, 0.1) is 17.0 Å². The number of thioether (sulfide) groups is 1. The highest BCUT2D eigenvalue weighted by Gasteiger charge is 2.34. The molecule has 4 rings (SSSR count). The van der Waals surface area contributed by atoms with Gasteiger partial charge in [0.2, 0.25) is 11.1 Å². The molecule has 0 aliphatic heterocycles. The first kappa shape index (κ1) is 22.2. The average molecular weight is 481 g/mol. The first-order chi connectivity index (χ1) is 15.3. The Bertz CT molecular complexity index is 1260. The van der Waals surface area contributed by atoms with Gasteiger partial charge in [0, 0.05) is 28.7 Å². The van der Waals surface area contributed by atoms with Gasteiger partial charge in [-0.1, -0.05) is 35.5 Å². The SMILES string of the molecule is O=C(CSc1nnnn1-c1ccccc1C(F)(F)F)NCCc1c[nH]c2ccc(Cl)cc12. The van der Waals surface area contributed by atoms with Crippen molar-refractivity contribution in [2.75, 3.05) is 12.3 Å². The van der Waals surface area contributed by atoms with Crippen LogP contribution in [-0.2, 0) is 17.4 Å². The Labute approximate surface area is 189 Å². The van der Waals surface area contributed by atoms with Crippen molar-refractivity contribution in [1.82, 2.24) is 30.5 Å². The maximum atomic E-state index is 13.3. The Morgan fingerprint density at radius 1 is 1.22 bits per heavy atom. The third-order valence-electron chi connectivity index (χ3n) is 4.66. The summed E-state index contributed by atoms with van der Waals surface area (Å²) >= 11 is 7.00. The molecule has 0 spiro atoms. The van der Waals surface area contributed by atoms with E-state index in [2.05, 4.69) is 25.8 Å². The van der Waals surface area contributed by atoms with Gasteiger partial charge < -0.3 is 10.3 Å². The third kappa shape index (κ3) is 4.89. The van der Waals surface area contributed by atoms with Crippen molar-refractivity contribution >= 4 is 40.2 Å². The number of alkyl halides is 3. The second-order valence-electron chi connectivity index (χ2n) is 6.78. The van der Waals surface area contributed by atoms with E-state index >= 15 is 0 Å². The van der Waals surface area contributed by atoms with Crippen LogP contribution in [0.3, 0.4) is 0 Å². The molecule has 0 aliphatic carbocycles. The minimum absolute atomic E-state index is 0.0474. The van der Waals surface area contributed by atoms with Gasteiger partial charge in [-0.3, -0.25) is 4.79 Å². The lowest BCUT2D eigenvalue weighted by Crippen LogP contribution is -2.27. The largest absolute Gasteiger partial charge is 0.418 e. The molecule has 12 heteroatoms. The molecule has 0 atom stereocenters. The minimum Gasteiger partial charge on any atom is -0.361 e. The summed E-state index contributed by atoms with van der Waals surface area (Å²) < 4.78 is 40.9. The van der Waals surface area contributed by atoms with Crippen molar-refractivity contribution in [2.45, 2.75) is 17.8 Å². The molecule has 0 bridgehead atoms. The standard InChI is InChI=1S/C20H16ClF3N6OS/c21-13-5-6-16-14(9-13)12(10-26-16)7-8-25-18(31)11-32-19-27-28-29-30(19)17-4-2-1-3-15(17)20(22,23)24/h1-6,9-10,26H,7-8,11H2,(H,25,31). The van der Waals surface area contributed by atoms with E-state index in [1.807, 2.05) is 18.3 Å². The fourth-order valence-corrected chi connectivity index (χ4v) is 4.08. The van der Waals surface area contributed by atoms with Crippen LogP contribution >= 0.6 is 23.4 Å². The highest BCUT2D eigenvalue weighted by Crippen LogP contribution is 2.34. The zero-order valence-corrected chi connectivity index (χ0v) is 17.9. The fourth-order valence-electron chi connectivity index (χ4n) is 3.19. The number of carbonyl (C=O) groups excluding carboxylic acids is 1. The quantitative estimate of drug-likeness (QED) is 0.386. The van der Waals surface area contributed by atoms with Crippen LogP contribution in [-0.4, -0.2) is 43.4 Å². The Hall–Kier alpha value is -3.05. The van der Waals surface area contributed by atoms with Crippen LogP contribution in [0.2, 0.25) is 5.02 Å². The lowest BCUT2D eigenvalue weighted by molar-refractivity contribution is -0.137. The number of nitrogens with one attached hydrogen (secondary N) is 2. The summed E-state index contributed by atoms with van der Waals surface area (Å²) in [5.41, 5.74) is 0.906. The van der Waals surface area contributed by atoms with Gasteiger partial charge in [0.25, 0.3) is 0 Å². The van der Waals surface area contributed by atoms with Crippen molar-refractivity contribution in [1.29, 1.82) is 0 Å². The molecule has 0 saturated heterocycles. The average Bonchev–Trinajstić information content (AvgIpc) is 3.38. The second kappa shape index (κ2) is 9.21. The normalized spacial score (nSPS) is 11.8. The van der Waals surface area contributed by atoms with E-state index in [-0.39, 0.29) is 22.5 Å². The van der Waals surface area contributed by atoms with Crippen molar-refractivity contribution < 1.29 is 18.0 Å². The number of amides is 1. The van der Waals surface area contributed by atoms with Gasteiger partial charge in [0.1, 0.15) is 0 Å². The summed E-state index contributed by atoms with van der Waals surface area (Å²) in [5, 5.41) is 15.4. The van der Waals surface area contributed by atoms with Crippen LogP contribution < -0.4 is 5.32 Å². The summed E-state index contributed by atoms with van der Waals surface area (Å²) in [7, 11) is 0. The summed E-state index contributed by atoms with van der Waals surface area (Å²) in [4.78, 5) is 15.4. The van der Waals surface area contributed by atoms with E-state index in [0.29, 0.717) is 18.0 Å². The molecule has 0 radical (unpaired) electrons. The molecule has 32 heavy (non-hydrogen) atoms. The van der Waals surface area contributed by atoms with E-state index in [0.717, 1.165) is 39.0 Å². The molecule has 166 valence electrons. The lowest BCUT2D eigenvalue weighted by Gasteiger charge is -2.12. The molecule has 0 unspecified atom stereocenters. The van der Waals surface area contributed by atoms with Crippen molar-refractivity contribution in [3.05, 3.63) is 64.8 Å². The first-order valence-corrected chi connectivity index (χ1v) is 10.8. The number of tetrazole rings is 1. The first-order valence-electron chi connectivity index (χ1n) is 9.43. The Kier molecular flexibility index (Phi) is 6.38. The van der Waals surface area contributed by atoms with E-state index in [4.69, 9.17) is 11.6 Å². The number of para-hydroxylation sites is 1. The van der Waals surface area contributed by atoms with Gasteiger partial charge in [-0.25, -0.2) is 0 Å². The zero-order chi connectivity index (χ0) is 22.7. The summed E-state index contributed by atoms with van der Waals surface area (Å²) in [6.07, 6.45) is -2.10. The molecule has 2 aromatic heterocycles. The number of rotatable bonds is 7. The van der Waals surface area contributed by atoms with Crippen LogP contribution in [0.5, 0.6) is 0 Å². The van der Waals surface area contributed by atoms with Gasteiger partial charge in [-0.05, 0) is 52.7 Å². The number of aromatic nitrogens is 5. The van der Waals surface area contributed by atoms with E-state index in [1.54, 1.807) is 6.07 Å². The highest BCUT2D eigenvalue weighted by molar-refractivity contribution is 7.99. The number of carbonyl (C=O) groups is 1. The number of halogens is 4. The van der Waals surface area contributed by atoms with Crippen LogP contribution in [0.15, 0.2) is 53.8 Å². The maximum absolute atomic E-state index is 13.3. The molecule has 2 aromatic carbocycles. The van der Waals surface area contributed by atoms with Crippen LogP contribution in [0.4, 0.5) is 13.2 Å². The summed E-state index contributed by atoms with van der Waals surface area (Å²) in [6, 6.07) is 10.5. The third-order valence-corrected chi connectivity index (χ3v) is 5.81. The summed E-state index contributed by atoms with van der Waals surface area (Å²) in [5.74, 6) is -0.333. The van der Waals surface area contributed by atoms with E-state index in [9.17, 15) is 18.0 Å². The lowest BCUT2D eigenvalue weighted by atomic mass is 10.1. The molecule has 4 aromatic rings. The molecule has 2 N–H and O–H groups in total. The van der Waals surface area contributed by atoms with Crippen molar-refractivity contribution in [3.8, 4) is 5.69 Å². The van der Waals surface area contributed by atoms with Crippen LogP contribution in [0.25, 0.3) is 16.6 Å². The highest BCUT2D eigenvalue weighted by atomic mass is 35.5. The molecule has 0 fully saturated rings. The van der Waals surface area contributed by atoms with E-state index in [1.165, 1.54) is 18.2 Å². The van der Waals surface area contributed by atoms with Crippen molar-refractivity contribution in [3.63, 3.8) is 0 Å². The molecule has 1 amide bonds. The minimum atomic E-state index is -4.56. The molecule has 7 nitrogen and oxygen atoms in total. The monoisotopic (exact) mass is 480 g/mol. The van der Waals surface area contributed by atoms with Crippen LogP contribution in [0, 0.1) is 0 Å². The number of aromatic amines is 1. The van der Waals surface area contributed by atoms with E-state index < -0.39 is 11.7 Å². The number of nitrogens with zero attached hydrogens (tertiary/aromatic N) is 4. The Morgan fingerprint density at radius 2 is 2.03 bits per heavy atom. The topological polar surface area (TPSA) is 88.5 Å². The number of H-pyrrole nitrogens is 1. The van der Waals surface area contributed by atoms with Crippen LogP contribution in [0.1, 0.15) is 11.1 Å². The Morgan fingerprint density at radius 3 is 2.84 bits per heavy atom. The predicted octanol–water partition coefficient (Wildman–Crippen LogP) is 4.27. The molecule has 2 heterocycles. The molecule has 0 aliphatic rings. The number of hydrogen-bond acceptors (Lipinski definition) is 5. The predicted molar refractivity (Wildman–Crippen MR) is 115 cm³/mol. The fraction of sp³-hybridized carbons (Fsp3) is 0.200. The van der Waals surface area contributed by atoms with Gasteiger partial charge in [0.15, 0.2) is 0 Å². The molecular formula is C20H16ClF3N6OS. The van der Waals surface area contributed by atoms with Gasteiger partial charge >= 0.3 is 6.18 Å². The zero-order valence-electron chi connectivity index (χ0n) is 16.4. The number of fused-ring (bicyclic) bond motifs is 1. The molecular weight excluding hydrogens is 465 g/mol. The number of benzene rings is 2. The number of hydrogen-bond donors (Lipinski definition) is 2. The van der Waals surface area contributed by atoms with Crippen molar-refractivity contribution in [2.24, 2.45) is 0 Å². The van der Waals surface area contributed by atoms with Gasteiger partial charge in [-0.15, -0.1) is 5.10 Å². The maximum Gasteiger partial charge on any atom is 0.418 e. The second-order valence-corrected chi connectivity index (χ2v) is 8.16. The smallest absolute Gasteiger partial charge is 0.361 e. The Balaban J connectivity index is 1.36. The van der Waals surface area contributed by atoms with Gasteiger partial charge in [-0.2, -0.15) is 17.9 Å². The summed E-state index contributed by atoms with van der Waals surface area (Å²) in [6.45, 7) is 0.390.